The number of ether oxygens (including phenoxy) is 5. The molecular formula is C42H50N6O6. The van der Waals surface area contributed by atoms with Crippen LogP contribution in [0.15, 0.2) is 79.0 Å². The molecule has 2 aromatic heterocycles. The first-order valence-corrected chi connectivity index (χ1v) is 18.5. The van der Waals surface area contributed by atoms with E-state index in [4.69, 9.17) is 28.7 Å². The van der Waals surface area contributed by atoms with Gasteiger partial charge < -0.3 is 43.4 Å². The highest BCUT2D eigenvalue weighted by molar-refractivity contribution is 5.96. The molecule has 2 saturated heterocycles. The Kier molecular flexibility index (Phi) is 11.1. The van der Waals surface area contributed by atoms with E-state index in [0.29, 0.717) is 60.0 Å². The number of fused-ring (bicyclic) bond motifs is 1. The second kappa shape index (κ2) is 16.3. The number of imidazole rings is 1. The fraction of sp³-hybridized carbons (Fsp3) is 0.405. The molecule has 0 aliphatic carbocycles. The number of aromatic amines is 1. The molecule has 2 aliphatic rings. The maximum absolute atomic E-state index is 14.1. The Labute approximate surface area is 316 Å². The first kappa shape index (κ1) is 36.9. The van der Waals surface area contributed by atoms with Crippen LogP contribution in [0.2, 0.25) is 0 Å². The number of para-hydroxylation sites is 2. The van der Waals surface area contributed by atoms with Gasteiger partial charge in [0, 0.05) is 49.4 Å². The molecule has 54 heavy (non-hydrogen) atoms. The number of anilines is 1. The maximum Gasteiger partial charge on any atom is 0.254 e. The lowest BCUT2D eigenvalue weighted by Gasteiger charge is -2.40. The highest BCUT2D eigenvalue weighted by atomic mass is 16.5. The number of amides is 1. The number of benzene rings is 3. The van der Waals surface area contributed by atoms with Crippen molar-refractivity contribution in [2.24, 2.45) is 0 Å². The molecule has 12 heteroatoms. The zero-order valence-electron chi connectivity index (χ0n) is 31.8. The topological polar surface area (TPSA) is 115 Å². The largest absolute Gasteiger partial charge is 0.493 e. The van der Waals surface area contributed by atoms with E-state index in [1.54, 1.807) is 47.7 Å². The van der Waals surface area contributed by atoms with Gasteiger partial charge in [-0.05, 0) is 86.3 Å². The second-order valence-corrected chi connectivity index (χ2v) is 14.1. The summed E-state index contributed by atoms with van der Waals surface area (Å²) in [7, 11) is 7.99. The van der Waals surface area contributed by atoms with Gasteiger partial charge in [-0.2, -0.15) is 0 Å². The molecule has 12 nitrogen and oxygen atoms in total. The molecule has 5 aromatic rings. The number of aromatic nitrogens is 3. The van der Waals surface area contributed by atoms with Crippen molar-refractivity contribution in [3.8, 4) is 28.7 Å². The summed E-state index contributed by atoms with van der Waals surface area (Å²) >= 11 is 0. The van der Waals surface area contributed by atoms with Crippen LogP contribution in [-0.4, -0.2) is 105 Å². The van der Waals surface area contributed by atoms with E-state index >= 15 is 0 Å². The number of likely N-dealkylation sites (tertiary alicyclic amines) is 2. The van der Waals surface area contributed by atoms with Crippen LogP contribution in [-0.2, 0) is 12.0 Å². The Morgan fingerprint density at radius 1 is 0.833 bits per heavy atom. The van der Waals surface area contributed by atoms with Crippen LogP contribution in [0.5, 0.6) is 28.7 Å². The summed E-state index contributed by atoms with van der Waals surface area (Å²) in [5, 5.41) is 0. The van der Waals surface area contributed by atoms with Crippen LogP contribution in [0.25, 0.3) is 11.0 Å². The number of hydrogen-bond donors (Lipinski definition) is 1. The number of carbonyl (C=O) groups is 1. The van der Waals surface area contributed by atoms with Crippen LogP contribution in [0.3, 0.4) is 0 Å². The van der Waals surface area contributed by atoms with Crippen molar-refractivity contribution in [2.45, 2.75) is 43.7 Å². The number of hydrogen-bond acceptors (Lipinski definition) is 10. The number of piperidine rings is 1. The van der Waals surface area contributed by atoms with Gasteiger partial charge >= 0.3 is 0 Å². The summed E-state index contributed by atoms with van der Waals surface area (Å²) in [5.74, 6) is 3.54. The van der Waals surface area contributed by atoms with Crippen molar-refractivity contribution in [3.63, 3.8) is 0 Å². The Morgan fingerprint density at radius 3 is 2.22 bits per heavy atom. The van der Waals surface area contributed by atoms with Crippen molar-refractivity contribution in [1.29, 1.82) is 0 Å². The molecule has 1 atom stereocenters. The monoisotopic (exact) mass is 734 g/mol. The number of carbonyl (C=O) groups excluding carboxylic acids is 1. The van der Waals surface area contributed by atoms with E-state index in [1.807, 2.05) is 47.5 Å². The minimum atomic E-state index is -0.286. The molecule has 2 fully saturated rings. The van der Waals surface area contributed by atoms with Crippen molar-refractivity contribution < 1.29 is 28.5 Å². The summed E-state index contributed by atoms with van der Waals surface area (Å²) in [6.07, 6.45) is 5.55. The minimum absolute atomic E-state index is 0.0731. The third-order valence-corrected chi connectivity index (χ3v) is 11.2. The van der Waals surface area contributed by atoms with Gasteiger partial charge in [0.15, 0.2) is 23.0 Å². The van der Waals surface area contributed by atoms with Gasteiger partial charge in [-0.1, -0.05) is 24.3 Å². The minimum Gasteiger partial charge on any atom is -0.493 e. The number of nitrogens with zero attached hydrogens (tertiary/aromatic N) is 5. The van der Waals surface area contributed by atoms with E-state index in [2.05, 4.69) is 44.0 Å². The molecule has 1 N–H and O–H groups in total. The average molecular weight is 735 g/mol. The van der Waals surface area contributed by atoms with Crippen molar-refractivity contribution in [2.75, 3.05) is 73.2 Å². The summed E-state index contributed by atoms with van der Waals surface area (Å²) in [6, 6.07) is 24.2. The Morgan fingerprint density at radius 2 is 1.56 bits per heavy atom. The van der Waals surface area contributed by atoms with Gasteiger partial charge in [-0.3, -0.25) is 9.78 Å². The van der Waals surface area contributed by atoms with Crippen molar-refractivity contribution in [3.05, 3.63) is 95.8 Å². The van der Waals surface area contributed by atoms with Gasteiger partial charge in [0.2, 0.25) is 11.7 Å². The van der Waals surface area contributed by atoms with Crippen LogP contribution < -0.4 is 28.6 Å². The number of pyridine rings is 1. The van der Waals surface area contributed by atoms with Gasteiger partial charge in [0.25, 0.3) is 5.91 Å². The number of methoxy groups -OCH3 is 5. The second-order valence-electron chi connectivity index (χ2n) is 14.1. The summed E-state index contributed by atoms with van der Waals surface area (Å²) in [6.45, 7) is 4.69. The summed E-state index contributed by atoms with van der Waals surface area (Å²) < 4.78 is 28.0. The molecule has 0 radical (unpaired) electrons. The molecular weight excluding hydrogens is 684 g/mol. The quantitative estimate of drug-likeness (QED) is 0.139. The smallest absolute Gasteiger partial charge is 0.254 e. The highest BCUT2D eigenvalue weighted by Crippen LogP contribution is 2.43. The Balaban J connectivity index is 1.09. The summed E-state index contributed by atoms with van der Waals surface area (Å²) in [5.41, 5.74) is 4.36. The fourth-order valence-corrected chi connectivity index (χ4v) is 8.13. The lowest BCUT2D eigenvalue weighted by atomic mass is 9.76. The molecule has 2 aliphatic heterocycles. The molecule has 7 rings (SSSR count). The van der Waals surface area contributed by atoms with Crippen LogP contribution >= 0.6 is 0 Å². The first-order chi connectivity index (χ1) is 26.4. The third-order valence-electron chi connectivity index (χ3n) is 11.2. The highest BCUT2D eigenvalue weighted by Gasteiger charge is 2.42. The van der Waals surface area contributed by atoms with Gasteiger partial charge in [0.05, 0.1) is 58.8 Å². The van der Waals surface area contributed by atoms with Crippen LogP contribution in [0.1, 0.15) is 47.3 Å². The SMILES string of the molecule is COc1ccc(C2(CCN3CCC(N(Cc4ccccn4)c4nc5ccccc5[nH]4)CC3)CCN(C(=O)c3cc(OC)c(OC)c(OC)c3)C2)cc1OC. The fourth-order valence-electron chi connectivity index (χ4n) is 8.13. The zero-order valence-corrected chi connectivity index (χ0v) is 31.8. The third kappa shape index (κ3) is 7.48. The lowest BCUT2D eigenvalue weighted by molar-refractivity contribution is 0.0779. The maximum atomic E-state index is 14.1. The van der Waals surface area contributed by atoms with E-state index < -0.39 is 0 Å². The molecule has 4 heterocycles. The molecule has 0 spiro atoms. The predicted octanol–water partition coefficient (Wildman–Crippen LogP) is 6.35. The summed E-state index contributed by atoms with van der Waals surface area (Å²) in [4.78, 5) is 34.3. The molecule has 0 bridgehead atoms. The first-order valence-electron chi connectivity index (χ1n) is 18.5. The molecule has 284 valence electrons. The van der Waals surface area contributed by atoms with E-state index in [9.17, 15) is 4.79 Å². The van der Waals surface area contributed by atoms with Crippen molar-refractivity contribution in [1.82, 2.24) is 24.8 Å². The van der Waals surface area contributed by atoms with Crippen molar-refractivity contribution >= 4 is 22.9 Å². The number of rotatable bonds is 14. The van der Waals surface area contributed by atoms with Crippen LogP contribution in [0, 0.1) is 0 Å². The van der Waals surface area contributed by atoms with E-state index in [0.717, 1.165) is 73.6 Å². The molecule has 1 unspecified atom stereocenters. The van der Waals surface area contributed by atoms with E-state index in [-0.39, 0.29) is 11.3 Å². The lowest BCUT2D eigenvalue weighted by Crippen LogP contribution is -2.46. The van der Waals surface area contributed by atoms with Crippen LogP contribution in [0.4, 0.5) is 5.95 Å². The zero-order chi connectivity index (χ0) is 37.7. The molecule has 1 amide bonds. The predicted molar refractivity (Wildman–Crippen MR) is 208 cm³/mol. The normalized spacial score (nSPS) is 17.8. The number of H-pyrrole nitrogens is 1. The average Bonchev–Trinajstić information content (AvgIpc) is 3.87. The molecule has 0 saturated carbocycles. The van der Waals surface area contributed by atoms with Gasteiger partial charge in [-0.25, -0.2) is 4.98 Å². The Hall–Kier alpha value is -5.49. The van der Waals surface area contributed by atoms with Gasteiger partial charge in [-0.15, -0.1) is 0 Å². The standard InChI is InChI=1S/C42H50N6O6/c1-50-35-14-13-30(26-36(35)51-2)42(18-23-47(28-42)40(49)29-24-37(52-3)39(54-5)38(25-29)53-4)17-22-46-20-15-32(16-21-46)48(27-31-10-8-9-19-43-31)41-44-33-11-6-7-12-34(33)45-41/h6-14,19,24-26,32H,15-18,20-23,27-28H2,1-5H3,(H,44,45). The molecule has 3 aromatic carbocycles. The Bertz CT molecular complexity index is 1990. The van der Waals surface area contributed by atoms with E-state index in [1.165, 1.54) is 0 Å². The van der Waals surface area contributed by atoms with Gasteiger partial charge in [0.1, 0.15) is 0 Å². The number of nitrogens with one attached hydrogen (secondary N) is 1.